The van der Waals surface area contributed by atoms with Crippen LogP contribution in [0.4, 0.5) is 26.3 Å². The van der Waals surface area contributed by atoms with Gasteiger partial charge in [0.25, 0.3) is 0 Å². The molecule has 0 aromatic heterocycles. The average Bonchev–Trinajstić information content (AvgIpc) is 3.55. The van der Waals surface area contributed by atoms with Crippen molar-refractivity contribution in [2.24, 2.45) is 5.92 Å². The molecule has 0 spiro atoms. The first-order valence-electron chi connectivity index (χ1n) is 10.1. The summed E-state index contributed by atoms with van der Waals surface area (Å²) in [5, 5.41) is 0. The van der Waals surface area contributed by atoms with Crippen LogP contribution in [0.25, 0.3) is 11.1 Å². The molecule has 0 N–H and O–H groups in total. The number of epoxide rings is 1. The van der Waals surface area contributed by atoms with Crippen LogP contribution in [-0.4, -0.2) is 32.4 Å². The maximum atomic E-state index is 12.9. The number of carbonyl (C=O) groups is 1. The zero-order valence-corrected chi connectivity index (χ0v) is 18.7. The molecule has 186 valence electrons. The third-order valence-corrected chi connectivity index (χ3v) is 6.05. The summed E-state index contributed by atoms with van der Waals surface area (Å²) < 4.78 is 110. The molecule has 1 aliphatic heterocycles. The standard InChI is InChI=1S/C22H20F6O5S/c1-12(2)7-18(20(29)19-11-32-19)15-8-14(13-3-5-16(6-4-13)21(23,24)25)9-17(10-15)33-34(30,31)22(26,27)28/h3-6,8-10,12,18-19H,7,11H2,1-2H3. The van der Waals surface area contributed by atoms with Gasteiger partial charge in [0.2, 0.25) is 0 Å². The summed E-state index contributed by atoms with van der Waals surface area (Å²) in [6, 6.07) is 7.14. The number of rotatable bonds is 8. The molecule has 1 heterocycles. The Hall–Kier alpha value is -2.60. The Kier molecular flexibility index (Phi) is 7.05. The number of alkyl halides is 6. The fourth-order valence-electron chi connectivity index (χ4n) is 3.39. The second kappa shape index (κ2) is 9.21. The zero-order chi connectivity index (χ0) is 25.5. The Labute approximate surface area is 191 Å². The van der Waals surface area contributed by atoms with E-state index in [9.17, 15) is 39.6 Å². The Morgan fingerprint density at radius 1 is 1.03 bits per heavy atom. The second-order valence-electron chi connectivity index (χ2n) is 8.26. The van der Waals surface area contributed by atoms with Gasteiger partial charge in [-0.2, -0.15) is 34.8 Å². The summed E-state index contributed by atoms with van der Waals surface area (Å²) in [5.41, 5.74) is -6.24. The summed E-state index contributed by atoms with van der Waals surface area (Å²) in [6.45, 7) is 3.83. The quantitative estimate of drug-likeness (QED) is 0.197. The van der Waals surface area contributed by atoms with Crippen molar-refractivity contribution in [2.45, 2.75) is 44.0 Å². The lowest BCUT2D eigenvalue weighted by Crippen LogP contribution is -2.28. The van der Waals surface area contributed by atoms with Crippen LogP contribution in [0.2, 0.25) is 0 Å². The monoisotopic (exact) mass is 510 g/mol. The lowest BCUT2D eigenvalue weighted by atomic mass is 9.84. The summed E-state index contributed by atoms with van der Waals surface area (Å²) in [7, 11) is -6.02. The van der Waals surface area contributed by atoms with Crippen molar-refractivity contribution in [3.63, 3.8) is 0 Å². The number of hydrogen-bond acceptors (Lipinski definition) is 5. The molecule has 0 amide bonds. The first-order chi connectivity index (χ1) is 15.6. The van der Waals surface area contributed by atoms with Crippen LogP contribution in [-0.2, 0) is 25.8 Å². The highest BCUT2D eigenvalue weighted by molar-refractivity contribution is 7.88. The number of Topliss-reactive ketones (excluding diaryl/α,β-unsaturated/α-hetero) is 1. The first-order valence-corrected chi connectivity index (χ1v) is 11.5. The molecule has 3 rings (SSSR count). The van der Waals surface area contributed by atoms with Gasteiger partial charge in [-0.05, 0) is 53.3 Å². The molecule has 1 fully saturated rings. The molecule has 0 aliphatic carbocycles. The minimum Gasteiger partial charge on any atom is -0.376 e. The minimum atomic E-state index is -6.02. The number of ether oxygens (including phenoxy) is 1. The maximum Gasteiger partial charge on any atom is 0.534 e. The van der Waals surface area contributed by atoms with E-state index in [4.69, 9.17) is 4.74 Å². The molecule has 0 saturated carbocycles. The maximum absolute atomic E-state index is 12.9. The van der Waals surface area contributed by atoms with Crippen LogP contribution in [0.1, 0.15) is 37.3 Å². The Morgan fingerprint density at radius 3 is 2.09 bits per heavy atom. The van der Waals surface area contributed by atoms with Crippen molar-refractivity contribution in [1.29, 1.82) is 0 Å². The summed E-state index contributed by atoms with van der Waals surface area (Å²) in [4.78, 5) is 12.8. The van der Waals surface area contributed by atoms with Gasteiger partial charge in [-0.25, -0.2) is 0 Å². The highest BCUT2D eigenvalue weighted by Gasteiger charge is 2.48. The van der Waals surface area contributed by atoms with Gasteiger partial charge in [-0.1, -0.05) is 32.0 Å². The fourth-order valence-corrected chi connectivity index (χ4v) is 3.83. The smallest absolute Gasteiger partial charge is 0.376 e. The Morgan fingerprint density at radius 2 is 1.62 bits per heavy atom. The van der Waals surface area contributed by atoms with Crippen molar-refractivity contribution in [2.75, 3.05) is 6.61 Å². The van der Waals surface area contributed by atoms with E-state index < -0.39 is 45.1 Å². The first kappa shape index (κ1) is 26.0. The van der Waals surface area contributed by atoms with Crippen molar-refractivity contribution >= 4 is 15.9 Å². The lowest BCUT2D eigenvalue weighted by Gasteiger charge is -2.20. The molecule has 0 radical (unpaired) electrons. The number of carbonyl (C=O) groups excluding carboxylic acids is 1. The van der Waals surface area contributed by atoms with E-state index in [0.29, 0.717) is 0 Å². The number of hydrogen-bond donors (Lipinski definition) is 0. The largest absolute Gasteiger partial charge is 0.534 e. The van der Waals surface area contributed by atoms with E-state index in [1.807, 2.05) is 13.8 Å². The highest BCUT2D eigenvalue weighted by Crippen LogP contribution is 2.38. The van der Waals surface area contributed by atoms with Gasteiger partial charge >= 0.3 is 21.8 Å². The minimum absolute atomic E-state index is 0.0225. The van der Waals surface area contributed by atoms with Crippen LogP contribution >= 0.6 is 0 Å². The van der Waals surface area contributed by atoms with Gasteiger partial charge in [-0.15, -0.1) is 0 Å². The summed E-state index contributed by atoms with van der Waals surface area (Å²) >= 11 is 0. The van der Waals surface area contributed by atoms with Crippen LogP contribution in [0.15, 0.2) is 42.5 Å². The molecule has 1 saturated heterocycles. The lowest BCUT2D eigenvalue weighted by molar-refractivity contribution is -0.137. The summed E-state index contributed by atoms with van der Waals surface area (Å²) in [5.74, 6) is -1.92. The molecule has 12 heteroatoms. The van der Waals surface area contributed by atoms with Crippen molar-refractivity contribution in [3.8, 4) is 16.9 Å². The summed E-state index contributed by atoms with van der Waals surface area (Å²) in [6.07, 6.45) is -5.00. The molecular formula is C22H20F6O5S. The Bertz CT molecular complexity index is 1150. The second-order valence-corrected chi connectivity index (χ2v) is 9.79. The fraction of sp³-hybridized carbons (Fsp3) is 0.409. The molecule has 0 bridgehead atoms. The number of halogens is 6. The van der Waals surface area contributed by atoms with Gasteiger partial charge in [-0.3, -0.25) is 4.79 Å². The normalized spacial score (nSPS) is 17.5. The third kappa shape index (κ3) is 6.09. The number of ketones is 1. The molecule has 5 nitrogen and oxygen atoms in total. The molecule has 1 aliphatic rings. The van der Waals surface area contributed by atoms with Gasteiger partial charge in [0.05, 0.1) is 12.2 Å². The highest BCUT2D eigenvalue weighted by atomic mass is 32.2. The SMILES string of the molecule is CC(C)CC(C(=O)C1CO1)c1cc(OS(=O)(=O)C(F)(F)F)cc(-c2ccc(C(F)(F)F)cc2)c1. The van der Waals surface area contributed by atoms with Crippen LogP contribution in [0.3, 0.4) is 0 Å². The van der Waals surface area contributed by atoms with Crippen LogP contribution in [0.5, 0.6) is 5.75 Å². The topological polar surface area (TPSA) is 73.0 Å². The predicted molar refractivity (Wildman–Crippen MR) is 109 cm³/mol. The molecular weight excluding hydrogens is 490 g/mol. The molecule has 2 aromatic carbocycles. The van der Waals surface area contributed by atoms with Crippen molar-refractivity contribution in [1.82, 2.24) is 0 Å². The molecule has 2 aromatic rings. The van der Waals surface area contributed by atoms with E-state index >= 15 is 0 Å². The molecule has 2 atom stereocenters. The predicted octanol–water partition coefficient (Wildman–Crippen LogP) is 5.70. The van der Waals surface area contributed by atoms with Gasteiger partial charge in [0, 0.05) is 5.92 Å². The van der Waals surface area contributed by atoms with E-state index in [1.165, 1.54) is 6.07 Å². The Balaban J connectivity index is 2.12. The van der Waals surface area contributed by atoms with Crippen LogP contribution in [0, 0.1) is 5.92 Å². The van der Waals surface area contributed by atoms with Gasteiger partial charge in [0.15, 0.2) is 5.78 Å². The van der Waals surface area contributed by atoms with E-state index in [-0.39, 0.29) is 41.4 Å². The molecule has 2 unspecified atom stereocenters. The van der Waals surface area contributed by atoms with Gasteiger partial charge in [0.1, 0.15) is 11.9 Å². The van der Waals surface area contributed by atoms with Gasteiger partial charge < -0.3 is 8.92 Å². The average molecular weight is 510 g/mol. The van der Waals surface area contributed by atoms with Crippen LogP contribution < -0.4 is 4.18 Å². The van der Waals surface area contributed by atoms with Crippen molar-refractivity contribution < 1.29 is 48.5 Å². The van der Waals surface area contributed by atoms with E-state index in [0.717, 1.165) is 36.4 Å². The van der Waals surface area contributed by atoms with E-state index in [1.54, 1.807) is 0 Å². The third-order valence-electron chi connectivity index (χ3n) is 5.07. The van der Waals surface area contributed by atoms with Crippen molar-refractivity contribution in [3.05, 3.63) is 53.6 Å². The molecule has 34 heavy (non-hydrogen) atoms. The zero-order valence-electron chi connectivity index (χ0n) is 17.9. The van der Waals surface area contributed by atoms with E-state index in [2.05, 4.69) is 4.18 Å². The number of benzene rings is 2.